The fourth-order valence-corrected chi connectivity index (χ4v) is 3.08. The third-order valence-electron chi connectivity index (χ3n) is 4.20. The number of para-hydroxylation sites is 1. The van der Waals surface area contributed by atoms with E-state index in [0.717, 1.165) is 23.7 Å². The Morgan fingerprint density at radius 1 is 1.32 bits per heavy atom. The molecule has 22 heavy (non-hydrogen) atoms. The summed E-state index contributed by atoms with van der Waals surface area (Å²) in [6, 6.07) is 9.80. The van der Waals surface area contributed by atoms with Crippen LogP contribution in [0.15, 0.2) is 36.5 Å². The molecule has 0 atom stereocenters. The number of rotatable bonds is 3. The molecular weight excluding hydrogens is 300 g/mol. The van der Waals surface area contributed by atoms with Crippen molar-refractivity contribution < 1.29 is 4.79 Å². The molecule has 3 aromatic rings. The lowest BCUT2D eigenvalue weighted by molar-refractivity contribution is 0.102. The second kappa shape index (κ2) is 5.18. The van der Waals surface area contributed by atoms with Gasteiger partial charge in [0.05, 0.1) is 17.3 Å². The zero-order valence-electron chi connectivity index (χ0n) is 11.8. The molecule has 1 aromatic carbocycles. The van der Waals surface area contributed by atoms with Crippen LogP contribution in [0.1, 0.15) is 35.8 Å². The molecule has 0 spiro atoms. The van der Waals surface area contributed by atoms with Crippen LogP contribution < -0.4 is 5.32 Å². The van der Waals surface area contributed by atoms with Crippen LogP contribution in [0.4, 0.5) is 5.82 Å². The van der Waals surface area contributed by atoms with Crippen LogP contribution in [0, 0.1) is 0 Å². The summed E-state index contributed by atoms with van der Waals surface area (Å²) in [5.41, 5.74) is 1.23. The van der Waals surface area contributed by atoms with Crippen molar-refractivity contribution in [2.75, 3.05) is 5.32 Å². The van der Waals surface area contributed by atoms with Gasteiger partial charge in [-0.3, -0.25) is 4.79 Å². The van der Waals surface area contributed by atoms with E-state index in [1.54, 1.807) is 6.20 Å². The first kappa shape index (κ1) is 13.4. The average molecular weight is 315 g/mol. The van der Waals surface area contributed by atoms with Crippen molar-refractivity contribution in [3.8, 4) is 0 Å². The number of aromatic nitrogens is 3. The van der Waals surface area contributed by atoms with Crippen molar-refractivity contribution in [2.24, 2.45) is 0 Å². The fraction of sp³-hybridized carbons (Fsp3) is 0.250. The maximum absolute atomic E-state index is 12.5. The molecule has 2 heterocycles. The number of nitrogens with zero attached hydrogens (tertiary/aromatic N) is 2. The summed E-state index contributed by atoms with van der Waals surface area (Å²) in [6.07, 6.45) is 5.14. The van der Waals surface area contributed by atoms with E-state index in [1.807, 2.05) is 35.0 Å². The molecule has 6 heteroatoms. The molecule has 0 aliphatic heterocycles. The molecule has 1 amide bonds. The molecule has 4 rings (SSSR count). The van der Waals surface area contributed by atoms with Crippen LogP contribution in [0.3, 0.4) is 0 Å². The molecule has 1 saturated carbocycles. The summed E-state index contributed by atoms with van der Waals surface area (Å²) in [5.74, 6) is 0.465. The number of carbonyl (C=O) groups is 1. The summed E-state index contributed by atoms with van der Waals surface area (Å²) >= 11 is 6.32. The maximum atomic E-state index is 12.5. The summed E-state index contributed by atoms with van der Waals surface area (Å²) in [6.45, 7) is 0. The number of carbonyl (C=O) groups excluding carboxylic acids is 1. The number of hydrogen-bond acceptors (Lipinski definition) is 2. The number of hydrogen-bond donors (Lipinski definition) is 2. The van der Waals surface area contributed by atoms with E-state index in [4.69, 9.17) is 11.6 Å². The standard InChI is InChI=1S/C16H15ClN4O/c17-14-11-6-1-2-7-12(11)19-15(14)16(22)20-13-8-9-18-21(13)10-4-3-5-10/h1-2,6-10,19H,3-5H2,(H,20,22). The van der Waals surface area contributed by atoms with Crippen LogP contribution in [-0.4, -0.2) is 20.7 Å². The lowest BCUT2D eigenvalue weighted by Crippen LogP contribution is -2.22. The van der Waals surface area contributed by atoms with Crippen molar-refractivity contribution in [1.29, 1.82) is 0 Å². The van der Waals surface area contributed by atoms with E-state index in [9.17, 15) is 4.79 Å². The first-order valence-electron chi connectivity index (χ1n) is 7.35. The Kier molecular flexibility index (Phi) is 3.15. The summed E-state index contributed by atoms with van der Waals surface area (Å²) in [4.78, 5) is 15.6. The Morgan fingerprint density at radius 2 is 2.14 bits per heavy atom. The number of benzene rings is 1. The van der Waals surface area contributed by atoms with Gasteiger partial charge in [-0.25, -0.2) is 4.68 Å². The van der Waals surface area contributed by atoms with E-state index < -0.39 is 0 Å². The Labute approximate surface area is 132 Å². The summed E-state index contributed by atoms with van der Waals surface area (Å²) in [7, 11) is 0. The number of amides is 1. The highest BCUT2D eigenvalue weighted by Crippen LogP contribution is 2.33. The van der Waals surface area contributed by atoms with E-state index in [-0.39, 0.29) is 5.91 Å². The second-order valence-electron chi connectivity index (χ2n) is 5.56. The Balaban J connectivity index is 1.64. The molecule has 0 unspecified atom stereocenters. The molecular formula is C16H15ClN4O. The lowest BCUT2D eigenvalue weighted by atomic mass is 9.93. The zero-order chi connectivity index (χ0) is 15.1. The monoisotopic (exact) mass is 314 g/mol. The normalized spacial score (nSPS) is 15.0. The predicted molar refractivity (Wildman–Crippen MR) is 86.4 cm³/mol. The quantitative estimate of drug-likeness (QED) is 0.767. The van der Waals surface area contributed by atoms with Gasteiger partial charge in [-0.15, -0.1) is 0 Å². The highest BCUT2D eigenvalue weighted by Gasteiger charge is 2.24. The van der Waals surface area contributed by atoms with E-state index in [1.165, 1.54) is 6.42 Å². The third kappa shape index (κ3) is 2.09. The van der Waals surface area contributed by atoms with E-state index >= 15 is 0 Å². The van der Waals surface area contributed by atoms with Gasteiger partial charge in [0, 0.05) is 17.0 Å². The molecule has 0 radical (unpaired) electrons. The smallest absolute Gasteiger partial charge is 0.274 e. The molecule has 0 saturated heterocycles. The first-order valence-corrected chi connectivity index (χ1v) is 7.73. The second-order valence-corrected chi connectivity index (χ2v) is 5.94. The van der Waals surface area contributed by atoms with Crippen LogP contribution in [-0.2, 0) is 0 Å². The number of aromatic amines is 1. The van der Waals surface area contributed by atoms with E-state index in [2.05, 4.69) is 15.4 Å². The fourth-order valence-electron chi connectivity index (χ4n) is 2.78. The van der Waals surface area contributed by atoms with Gasteiger partial charge < -0.3 is 10.3 Å². The van der Waals surface area contributed by atoms with Crippen molar-refractivity contribution in [3.63, 3.8) is 0 Å². The van der Waals surface area contributed by atoms with Crippen molar-refractivity contribution in [2.45, 2.75) is 25.3 Å². The lowest BCUT2D eigenvalue weighted by Gasteiger charge is -2.27. The van der Waals surface area contributed by atoms with Gasteiger partial charge in [0.2, 0.25) is 0 Å². The zero-order valence-corrected chi connectivity index (χ0v) is 12.6. The molecule has 2 N–H and O–H groups in total. The molecule has 5 nitrogen and oxygen atoms in total. The number of nitrogens with one attached hydrogen (secondary N) is 2. The molecule has 1 aliphatic carbocycles. The SMILES string of the molecule is O=C(Nc1ccnn1C1CCC1)c1[nH]c2ccccc2c1Cl. The third-order valence-corrected chi connectivity index (χ3v) is 4.59. The van der Waals surface area contributed by atoms with Crippen LogP contribution in [0.25, 0.3) is 10.9 Å². The van der Waals surface area contributed by atoms with Gasteiger partial charge in [-0.2, -0.15) is 5.10 Å². The molecule has 2 aromatic heterocycles. The summed E-state index contributed by atoms with van der Waals surface area (Å²) < 4.78 is 1.89. The predicted octanol–water partition coefficient (Wildman–Crippen LogP) is 4.00. The Morgan fingerprint density at radius 3 is 2.86 bits per heavy atom. The molecule has 0 bridgehead atoms. The van der Waals surface area contributed by atoms with Crippen LogP contribution >= 0.6 is 11.6 Å². The van der Waals surface area contributed by atoms with Crippen molar-refractivity contribution in [1.82, 2.24) is 14.8 Å². The highest BCUT2D eigenvalue weighted by atomic mass is 35.5. The molecule has 1 aliphatic rings. The molecule has 1 fully saturated rings. The van der Waals surface area contributed by atoms with Crippen LogP contribution in [0.2, 0.25) is 5.02 Å². The molecule has 112 valence electrons. The topological polar surface area (TPSA) is 62.7 Å². The minimum atomic E-state index is -0.248. The minimum Gasteiger partial charge on any atom is -0.349 e. The average Bonchev–Trinajstić information content (AvgIpc) is 3.03. The van der Waals surface area contributed by atoms with Gasteiger partial charge in [0.1, 0.15) is 11.5 Å². The number of H-pyrrole nitrogens is 1. The Bertz CT molecular complexity index is 847. The van der Waals surface area contributed by atoms with Gasteiger partial charge in [-0.05, 0) is 25.3 Å². The van der Waals surface area contributed by atoms with Crippen molar-refractivity contribution in [3.05, 3.63) is 47.2 Å². The van der Waals surface area contributed by atoms with Crippen molar-refractivity contribution >= 4 is 34.2 Å². The van der Waals surface area contributed by atoms with Gasteiger partial charge in [-0.1, -0.05) is 29.8 Å². The van der Waals surface area contributed by atoms with Gasteiger partial charge in [0.25, 0.3) is 5.91 Å². The number of anilines is 1. The highest BCUT2D eigenvalue weighted by molar-refractivity contribution is 6.39. The first-order chi connectivity index (χ1) is 10.7. The minimum absolute atomic E-state index is 0.248. The number of halogens is 1. The van der Waals surface area contributed by atoms with Gasteiger partial charge >= 0.3 is 0 Å². The van der Waals surface area contributed by atoms with Crippen LogP contribution in [0.5, 0.6) is 0 Å². The van der Waals surface area contributed by atoms with Gasteiger partial charge in [0.15, 0.2) is 0 Å². The maximum Gasteiger partial charge on any atom is 0.274 e. The summed E-state index contributed by atoms with van der Waals surface area (Å²) in [5, 5.41) is 8.51. The Hall–Kier alpha value is -2.27. The van der Waals surface area contributed by atoms with E-state index in [0.29, 0.717) is 22.6 Å². The number of fused-ring (bicyclic) bond motifs is 1. The largest absolute Gasteiger partial charge is 0.349 e.